The first kappa shape index (κ1) is 19.2. The minimum absolute atomic E-state index is 0.255. The highest BCUT2D eigenvalue weighted by molar-refractivity contribution is 5.80. The van der Waals surface area contributed by atoms with Crippen molar-refractivity contribution < 1.29 is 27.8 Å². The van der Waals surface area contributed by atoms with Gasteiger partial charge in [0, 0.05) is 24.8 Å². The zero-order valence-corrected chi connectivity index (χ0v) is 14.5. The maximum absolute atomic E-state index is 12.7. The topological polar surface area (TPSA) is 93.6 Å². The molecular weight excluding hydrogens is 365 g/mol. The molecule has 146 valence electrons. The van der Waals surface area contributed by atoms with Crippen LogP contribution in [0, 0.1) is 0 Å². The number of hydrogen-bond donors (Lipinski definition) is 2. The predicted molar refractivity (Wildman–Crippen MR) is 89.1 cm³/mol. The molecule has 1 saturated heterocycles. The Bertz CT molecular complexity index is 820. The molecule has 0 spiro atoms. The summed E-state index contributed by atoms with van der Waals surface area (Å²) < 4.78 is 44.7. The molecule has 0 bridgehead atoms. The van der Waals surface area contributed by atoms with E-state index >= 15 is 0 Å². The Kier molecular flexibility index (Phi) is 5.11. The number of aliphatic hydroxyl groups excluding tert-OH is 1. The Morgan fingerprint density at radius 1 is 1.37 bits per heavy atom. The number of carbonyl (C=O) groups excluding carboxylic acids is 1. The van der Waals surface area contributed by atoms with Gasteiger partial charge in [0.25, 0.3) is 0 Å². The van der Waals surface area contributed by atoms with Crippen LogP contribution in [0.25, 0.3) is 5.69 Å². The minimum Gasteiger partial charge on any atom is -0.480 e. The van der Waals surface area contributed by atoms with E-state index in [0.29, 0.717) is 11.3 Å². The molecule has 1 fully saturated rings. The maximum Gasteiger partial charge on any atom is 0.416 e. The van der Waals surface area contributed by atoms with E-state index in [2.05, 4.69) is 5.10 Å². The van der Waals surface area contributed by atoms with E-state index in [9.17, 15) is 23.1 Å². The maximum atomic E-state index is 12.7. The van der Waals surface area contributed by atoms with Crippen molar-refractivity contribution in [3.05, 3.63) is 41.6 Å². The lowest BCUT2D eigenvalue weighted by molar-refractivity contribution is -0.137. The van der Waals surface area contributed by atoms with Gasteiger partial charge in [-0.3, -0.25) is 9.69 Å². The molecule has 2 atom stereocenters. The molecule has 0 saturated carbocycles. The Morgan fingerprint density at radius 3 is 2.59 bits per heavy atom. The van der Waals surface area contributed by atoms with Gasteiger partial charge in [0.1, 0.15) is 0 Å². The quantitative estimate of drug-likeness (QED) is 0.811. The Hall–Kier alpha value is -2.59. The molecule has 1 aliphatic heterocycles. The van der Waals surface area contributed by atoms with Crippen LogP contribution in [0.5, 0.6) is 5.88 Å². The summed E-state index contributed by atoms with van der Waals surface area (Å²) in [7, 11) is 1.42. The molecule has 27 heavy (non-hydrogen) atoms. The lowest BCUT2D eigenvalue weighted by Crippen LogP contribution is -2.39. The van der Waals surface area contributed by atoms with Crippen LogP contribution in [0.3, 0.4) is 0 Å². The Labute approximate surface area is 153 Å². The van der Waals surface area contributed by atoms with Gasteiger partial charge < -0.3 is 15.6 Å². The van der Waals surface area contributed by atoms with Gasteiger partial charge in [-0.2, -0.15) is 13.2 Å². The van der Waals surface area contributed by atoms with E-state index in [1.165, 1.54) is 23.9 Å². The SMILES string of the molecule is COc1nn(-c2ccc(C(F)(F)F)cc2)cc1CN1C[C@@H](O)C[C@H]1C(N)=O. The number of amides is 1. The van der Waals surface area contributed by atoms with Gasteiger partial charge >= 0.3 is 6.18 Å². The monoisotopic (exact) mass is 384 g/mol. The second-order valence-corrected chi connectivity index (χ2v) is 6.39. The van der Waals surface area contributed by atoms with E-state index in [1.807, 2.05) is 0 Å². The van der Waals surface area contributed by atoms with Crippen LogP contribution < -0.4 is 10.5 Å². The molecule has 3 rings (SSSR count). The van der Waals surface area contributed by atoms with Crippen molar-refractivity contribution in [1.29, 1.82) is 0 Å². The summed E-state index contributed by atoms with van der Waals surface area (Å²) >= 11 is 0. The van der Waals surface area contributed by atoms with Crippen LogP contribution in [-0.2, 0) is 17.5 Å². The molecule has 1 aromatic heterocycles. The molecule has 7 nitrogen and oxygen atoms in total. The van der Waals surface area contributed by atoms with Gasteiger partial charge in [0.2, 0.25) is 11.8 Å². The first-order valence-electron chi connectivity index (χ1n) is 8.20. The molecule has 2 heterocycles. The van der Waals surface area contributed by atoms with Crippen molar-refractivity contribution in [2.24, 2.45) is 5.73 Å². The van der Waals surface area contributed by atoms with Gasteiger partial charge in [-0.05, 0) is 30.7 Å². The second kappa shape index (κ2) is 7.20. The van der Waals surface area contributed by atoms with E-state index < -0.39 is 29.8 Å². The fourth-order valence-electron chi connectivity index (χ4n) is 3.18. The second-order valence-electron chi connectivity index (χ2n) is 6.39. The largest absolute Gasteiger partial charge is 0.480 e. The van der Waals surface area contributed by atoms with Gasteiger partial charge in [0.15, 0.2) is 0 Å². The number of rotatable bonds is 5. The van der Waals surface area contributed by atoms with Crippen molar-refractivity contribution in [3.63, 3.8) is 0 Å². The van der Waals surface area contributed by atoms with Crippen LogP contribution >= 0.6 is 0 Å². The number of benzene rings is 1. The Balaban J connectivity index is 1.84. The summed E-state index contributed by atoms with van der Waals surface area (Å²) in [6.45, 7) is 0.538. The van der Waals surface area contributed by atoms with Crippen LogP contribution in [0.1, 0.15) is 17.5 Å². The number of carbonyl (C=O) groups is 1. The zero-order chi connectivity index (χ0) is 19.8. The third-order valence-electron chi connectivity index (χ3n) is 4.49. The number of alkyl halides is 3. The highest BCUT2D eigenvalue weighted by atomic mass is 19.4. The summed E-state index contributed by atoms with van der Waals surface area (Å²) in [6, 6.07) is 3.97. The first-order chi connectivity index (χ1) is 12.7. The van der Waals surface area contributed by atoms with Crippen molar-refractivity contribution >= 4 is 5.91 Å². The molecule has 0 unspecified atom stereocenters. The van der Waals surface area contributed by atoms with Crippen LogP contribution in [0.2, 0.25) is 0 Å². The number of halogens is 3. The van der Waals surface area contributed by atoms with E-state index in [1.54, 1.807) is 11.1 Å². The fraction of sp³-hybridized carbons (Fsp3) is 0.412. The van der Waals surface area contributed by atoms with Gasteiger partial charge in [-0.1, -0.05) is 0 Å². The molecule has 10 heteroatoms. The van der Waals surface area contributed by atoms with Gasteiger partial charge in [-0.25, -0.2) is 4.68 Å². The number of nitrogens with zero attached hydrogens (tertiary/aromatic N) is 3. The van der Waals surface area contributed by atoms with E-state index in [-0.39, 0.29) is 25.4 Å². The van der Waals surface area contributed by atoms with Crippen molar-refractivity contribution in [2.75, 3.05) is 13.7 Å². The summed E-state index contributed by atoms with van der Waals surface area (Å²) in [5, 5.41) is 14.0. The van der Waals surface area contributed by atoms with Crippen molar-refractivity contribution in [1.82, 2.24) is 14.7 Å². The van der Waals surface area contributed by atoms with Gasteiger partial charge in [-0.15, -0.1) is 5.10 Å². The standard InChI is InChI=1S/C17H19F3N4O3/c1-27-16-10(7-23-9-13(25)6-14(23)15(21)26)8-24(22-16)12-4-2-11(3-5-12)17(18,19)20/h2-5,8,13-14,25H,6-7,9H2,1H3,(H2,21,26)/t13-,14-/m0/s1. The molecule has 1 amide bonds. The average molecular weight is 384 g/mol. The third kappa shape index (κ3) is 4.06. The number of hydrogen-bond acceptors (Lipinski definition) is 5. The summed E-state index contributed by atoms with van der Waals surface area (Å²) in [5.41, 5.74) is 5.69. The Morgan fingerprint density at radius 2 is 2.04 bits per heavy atom. The number of methoxy groups -OCH3 is 1. The smallest absolute Gasteiger partial charge is 0.416 e. The number of aromatic nitrogens is 2. The van der Waals surface area contributed by atoms with E-state index in [0.717, 1.165) is 12.1 Å². The third-order valence-corrected chi connectivity index (χ3v) is 4.49. The molecule has 0 aliphatic carbocycles. The van der Waals surface area contributed by atoms with Crippen LogP contribution in [-0.4, -0.2) is 51.5 Å². The minimum atomic E-state index is -4.41. The van der Waals surface area contributed by atoms with Crippen molar-refractivity contribution in [2.45, 2.75) is 31.3 Å². The first-order valence-corrected chi connectivity index (χ1v) is 8.20. The van der Waals surface area contributed by atoms with Gasteiger partial charge in [0.05, 0.1) is 30.5 Å². The van der Waals surface area contributed by atoms with Crippen LogP contribution in [0.15, 0.2) is 30.5 Å². The fourth-order valence-corrected chi connectivity index (χ4v) is 3.18. The summed E-state index contributed by atoms with van der Waals surface area (Å²) in [6.07, 6.45) is -3.20. The molecule has 0 radical (unpaired) electrons. The highest BCUT2D eigenvalue weighted by Gasteiger charge is 2.35. The normalized spacial score (nSPS) is 20.8. The average Bonchev–Trinajstić information content (AvgIpc) is 3.18. The molecule has 2 aromatic rings. The number of ether oxygens (including phenoxy) is 1. The molecule has 1 aliphatic rings. The lowest BCUT2D eigenvalue weighted by Gasteiger charge is -2.20. The number of nitrogens with two attached hydrogens (primary N) is 1. The van der Waals surface area contributed by atoms with Crippen molar-refractivity contribution in [3.8, 4) is 11.6 Å². The summed E-state index contributed by atoms with van der Waals surface area (Å²) in [5.74, 6) is -0.250. The highest BCUT2D eigenvalue weighted by Crippen LogP contribution is 2.30. The lowest BCUT2D eigenvalue weighted by atomic mass is 10.2. The van der Waals surface area contributed by atoms with Crippen LogP contribution in [0.4, 0.5) is 13.2 Å². The molecule has 1 aromatic carbocycles. The number of β-amino-alcohol motifs (C(OH)–C–C–N with tert-alkyl or cyclic N) is 1. The number of likely N-dealkylation sites (tertiary alicyclic amines) is 1. The van der Waals surface area contributed by atoms with E-state index in [4.69, 9.17) is 10.5 Å². The summed E-state index contributed by atoms with van der Waals surface area (Å²) in [4.78, 5) is 13.3. The number of primary amides is 1. The predicted octanol–water partition coefficient (Wildman–Crippen LogP) is 1.32. The molecule has 3 N–H and O–H groups in total. The zero-order valence-electron chi connectivity index (χ0n) is 14.5. The number of aliphatic hydroxyl groups is 1. The molecular formula is C17H19F3N4O3.